The first-order valence-corrected chi connectivity index (χ1v) is 59.9. The molecule has 0 fully saturated rings. The van der Waals surface area contributed by atoms with Crippen molar-refractivity contribution < 1.29 is 88.8 Å². The minimum absolute atomic E-state index is 0.00423. The zero-order valence-corrected chi connectivity index (χ0v) is 83.2. The number of nitro groups is 5. The fraction of sp³-hybridized carbons (Fsp3) is 0.595. The van der Waals surface area contributed by atoms with Crippen LogP contribution >= 0.6 is 0 Å². The molecule has 5 aromatic rings. The number of benzene rings is 5. The van der Waals surface area contributed by atoms with E-state index in [1.165, 1.54) is 121 Å². The van der Waals surface area contributed by atoms with Crippen molar-refractivity contribution in [3.05, 3.63) is 172 Å². The molecule has 35 nitrogen and oxygen atoms in total. The maximum absolute atomic E-state index is 12.3. The van der Waals surface area contributed by atoms with Crippen molar-refractivity contribution in [3.8, 4) is 0 Å². The van der Waals surface area contributed by atoms with Gasteiger partial charge in [0.1, 0.15) is 0 Å². The van der Waals surface area contributed by atoms with E-state index in [-0.39, 0.29) is 123 Å². The molecule has 0 spiro atoms. The maximum atomic E-state index is 12.3. The Morgan fingerprint density at radius 2 is 0.487 bits per heavy atom. The Labute approximate surface area is 710 Å². The van der Waals surface area contributed by atoms with Crippen LogP contribution in [0, 0.1) is 50.6 Å². The second-order valence-electron chi connectivity index (χ2n) is 36.0. The van der Waals surface area contributed by atoms with E-state index >= 15 is 0 Å². The highest BCUT2D eigenvalue weighted by atomic mass is 32.2. The van der Waals surface area contributed by atoms with Crippen LogP contribution in [0.2, 0.25) is 90.7 Å². The lowest BCUT2D eigenvalue weighted by Crippen LogP contribution is -2.46. The molecule has 119 heavy (non-hydrogen) atoms. The average Bonchev–Trinajstić information content (AvgIpc) is 0.831. The number of nitrogens with one attached hydrogen (secondary N) is 5. The largest absolute Gasteiger partial charge is 0.415 e. The predicted molar refractivity (Wildman–Crippen MR) is 476 cm³/mol. The third-order valence-electron chi connectivity index (χ3n) is 20.9. The molecule has 0 aliphatic carbocycles. The summed E-state index contributed by atoms with van der Waals surface area (Å²) in [6.07, 6.45) is -0.530. The zero-order valence-electron chi connectivity index (χ0n) is 74.1. The SMILES string of the molecule is CC(C)(C)[Si](C)(C)OCCNS(=O)(=O)c1ccc([N+](=O)[O-])cc1.C[C@@H](CO[Si](C)(C)C(C)(C)C)NS(=O)(=O)c1ccc([N+](=O)[O-])cc1.C[C@H](CNS(=O)(=O)c1ccc([N+](=O)[O-])cc1)O[Si](C)(C)C(C)(C)C.C[C@H](CNS(=O)(=O)c1ccc([N+](=O)[O-])cc1)O[Si](C)(C)C(C)(C)C.C[C@H](CO[Si](C)(C)C(C)(C)C)NS(=O)(=O)c1ccc([N+](=O)[O-])cc1. The first-order valence-electron chi connectivity index (χ1n) is 37.9. The summed E-state index contributed by atoms with van der Waals surface area (Å²) in [4.78, 5) is 50.2. The molecule has 0 unspecified atom stereocenters. The Balaban J connectivity index is 0.000000744. The van der Waals surface area contributed by atoms with Gasteiger partial charge in [0.15, 0.2) is 41.6 Å². The maximum Gasteiger partial charge on any atom is 0.269 e. The molecule has 0 saturated carbocycles. The van der Waals surface area contributed by atoms with Gasteiger partial charge in [0, 0.05) is 99.0 Å². The molecule has 0 radical (unpaired) electrons. The monoisotopic (exact) mass is 1860 g/mol. The molecular formula is C74H128N10O25S5Si5. The van der Waals surface area contributed by atoms with Gasteiger partial charge in [0.2, 0.25) is 50.1 Å². The van der Waals surface area contributed by atoms with E-state index < -0.39 is 128 Å². The lowest BCUT2D eigenvalue weighted by atomic mass is 10.2. The van der Waals surface area contributed by atoms with E-state index in [4.69, 9.17) is 22.1 Å². The summed E-state index contributed by atoms with van der Waals surface area (Å²) >= 11 is 0. The lowest BCUT2D eigenvalue weighted by Gasteiger charge is -2.38. The van der Waals surface area contributed by atoms with Crippen LogP contribution < -0.4 is 23.6 Å². The van der Waals surface area contributed by atoms with Crippen LogP contribution in [-0.2, 0) is 72.2 Å². The van der Waals surface area contributed by atoms with Gasteiger partial charge in [-0.25, -0.2) is 65.7 Å². The van der Waals surface area contributed by atoms with Crippen LogP contribution in [0.15, 0.2) is 146 Å². The minimum atomic E-state index is -3.74. The fourth-order valence-electron chi connectivity index (χ4n) is 8.41. The molecule has 0 aliphatic heterocycles. The van der Waals surface area contributed by atoms with Gasteiger partial charge in [-0.3, -0.25) is 50.6 Å². The molecule has 4 atom stereocenters. The van der Waals surface area contributed by atoms with E-state index in [0.29, 0.717) is 6.61 Å². The molecule has 674 valence electrons. The molecule has 0 bridgehead atoms. The Kier molecular flexibility index (Phi) is 40.6. The third kappa shape index (κ3) is 36.5. The summed E-state index contributed by atoms with van der Waals surface area (Å²) in [7, 11) is -28.4. The van der Waals surface area contributed by atoms with E-state index in [1.54, 1.807) is 13.8 Å². The van der Waals surface area contributed by atoms with Crippen molar-refractivity contribution in [1.82, 2.24) is 23.6 Å². The normalized spacial score (nSPS) is 14.2. The van der Waals surface area contributed by atoms with Gasteiger partial charge in [0.25, 0.3) is 28.4 Å². The molecular weight excluding hydrogens is 1730 g/mol. The van der Waals surface area contributed by atoms with Gasteiger partial charge in [0.05, 0.1) is 74.5 Å². The first-order chi connectivity index (χ1) is 53.4. The summed E-state index contributed by atoms with van der Waals surface area (Å²) in [5.41, 5.74) is -0.746. The Morgan fingerprint density at radius 3 is 0.681 bits per heavy atom. The fourth-order valence-corrected chi connectivity index (χ4v) is 20.2. The standard InChI is InChI=1S/4C15H26N2O5SSi.C14H24N2O5SSi/c2*1-12(11-22-24(5,6)15(2,3)4)16-23(20,21)14-9-7-13(8-10-14)17(18)19;2*1-12(22-24(5,6)15(2,3)4)11-16-23(20,21)14-9-7-13(8-10-14)17(18)19;1-14(2,3)23(4,5)21-11-10-15-22(19,20)13-8-6-12(7-9-13)16(17)18/h4*7-10,12,16H,11H2,1-6H3;6-9,15H,10-11H2,1-5H3/t4*12-;/m1011./s1. The van der Waals surface area contributed by atoms with Crippen molar-refractivity contribution in [2.75, 3.05) is 39.5 Å². The van der Waals surface area contributed by atoms with Crippen LogP contribution in [0.4, 0.5) is 28.4 Å². The summed E-state index contributed by atoms with van der Waals surface area (Å²) in [6, 6.07) is 23.1. The van der Waals surface area contributed by atoms with Gasteiger partial charge < -0.3 is 22.1 Å². The molecule has 5 rings (SSSR count). The van der Waals surface area contributed by atoms with E-state index in [1.807, 2.05) is 13.8 Å². The number of hydrogen-bond donors (Lipinski definition) is 5. The van der Waals surface area contributed by atoms with Crippen LogP contribution in [0.3, 0.4) is 0 Å². The summed E-state index contributed by atoms with van der Waals surface area (Å²) in [5, 5.41) is 53.3. The van der Waals surface area contributed by atoms with E-state index in [9.17, 15) is 92.7 Å². The molecule has 0 saturated heterocycles. The molecule has 0 aromatic heterocycles. The molecule has 0 amide bonds. The van der Waals surface area contributed by atoms with Crippen molar-refractivity contribution in [2.45, 2.75) is 271 Å². The number of nitrogens with zero attached hydrogens (tertiary/aromatic N) is 5. The number of sulfonamides is 5. The smallest absolute Gasteiger partial charge is 0.269 e. The van der Waals surface area contributed by atoms with Crippen LogP contribution in [0.5, 0.6) is 0 Å². The third-order valence-corrected chi connectivity index (χ3v) is 51.2. The Morgan fingerprint density at radius 1 is 0.303 bits per heavy atom. The van der Waals surface area contributed by atoms with Crippen LogP contribution in [0.25, 0.3) is 0 Å². The van der Waals surface area contributed by atoms with Crippen molar-refractivity contribution in [2.24, 2.45) is 0 Å². The van der Waals surface area contributed by atoms with Crippen LogP contribution in [-0.4, -0.2) is 172 Å². The molecule has 45 heteroatoms. The molecule has 5 aromatic carbocycles. The number of rotatable bonds is 35. The minimum Gasteiger partial charge on any atom is -0.415 e. The summed E-state index contributed by atoms with van der Waals surface area (Å²) in [6.45, 7) is 61.2. The van der Waals surface area contributed by atoms with E-state index in [0.717, 1.165) is 0 Å². The number of nitro benzene ring substituents is 5. The van der Waals surface area contributed by atoms with Crippen molar-refractivity contribution in [1.29, 1.82) is 0 Å². The van der Waals surface area contributed by atoms with Gasteiger partial charge in [-0.05, 0) is 179 Å². The van der Waals surface area contributed by atoms with Crippen molar-refractivity contribution in [3.63, 3.8) is 0 Å². The second-order valence-corrected chi connectivity index (χ2v) is 68.7. The highest BCUT2D eigenvalue weighted by molar-refractivity contribution is 7.90. The number of hydrogen-bond acceptors (Lipinski definition) is 25. The topological polar surface area (TPSA) is 493 Å². The highest BCUT2D eigenvalue weighted by Gasteiger charge is 2.42. The Bertz CT molecular complexity index is 4530. The van der Waals surface area contributed by atoms with Gasteiger partial charge in [-0.2, -0.15) is 0 Å². The van der Waals surface area contributed by atoms with E-state index in [2.05, 4.69) is 193 Å². The lowest BCUT2D eigenvalue weighted by molar-refractivity contribution is -0.385. The summed E-state index contributed by atoms with van der Waals surface area (Å²) < 4.78 is 165. The second kappa shape index (κ2) is 43.7. The predicted octanol–water partition coefficient (Wildman–Crippen LogP) is 16.0. The van der Waals surface area contributed by atoms with Gasteiger partial charge in [-0.15, -0.1) is 0 Å². The zero-order chi connectivity index (χ0) is 92.9. The highest BCUT2D eigenvalue weighted by Crippen LogP contribution is 2.41. The summed E-state index contributed by atoms with van der Waals surface area (Å²) in [5.74, 6) is 0. The molecule has 0 heterocycles. The van der Waals surface area contributed by atoms with Gasteiger partial charge >= 0.3 is 0 Å². The average molecular weight is 1860 g/mol. The van der Waals surface area contributed by atoms with Gasteiger partial charge in [-0.1, -0.05) is 104 Å². The molecule has 5 N–H and O–H groups in total. The molecule has 0 aliphatic rings. The van der Waals surface area contributed by atoms with Crippen LogP contribution in [0.1, 0.15) is 132 Å². The quantitative estimate of drug-likeness (QED) is 0.0109. The first kappa shape index (κ1) is 111. The Hall–Kier alpha value is -6.47. The number of non-ortho nitro benzene ring substituents is 5. The van der Waals surface area contributed by atoms with Crippen molar-refractivity contribution >= 4 is 120 Å².